The number of aromatic hydroxyl groups is 1. The molecule has 1 fully saturated rings. The fourth-order valence-corrected chi connectivity index (χ4v) is 5.46. The Morgan fingerprint density at radius 2 is 1.69 bits per heavy atom. The van der Waals surface area contributed by atoms with Gasteiger partial charge >= 0.3 is 0 Å². The zero-order chi connectivity index (χ0) is 27.0. The zero-order valence-electron chi connectivity index (χ0n) is 23.0. The van der Waals surface area contributed by atoms with Gasteiger partial charge in [0.15, 0.2) is 5.78 Å². The number of halogens is 1. The average Bonchev–Trinajstić information content (AvgIpc) is 3.07. The van der Waals surface area contributed by atoms with Crippen LogP contribution in [0.25, 0.3) is 0 Å². The Kier molecular flexibility index (Phi) is 8.14. The topological polar surface area (TPSA) is 73.6 Å². The van der Waals surface area contributed by atoms with E-state index in [1.807, 2.05) is 76.8 Å². The lowest BCUT2D eigenvalue weighted by Crippen LogP contribution is -2.32. The van der Waals surface area contributed by atoms with E-state index in [4.69, 9.17) is 21.7 Å². The van der Waals surface area contributed by atoms with Crippen LogP contribution >= 0.6 is 11.6 Å². The number of ketones is 1. The lowest BCUT2D eigenvalue weighted by atomic mass is 9.78. The van der Waals surface area contributed by atoms with Crippen molar-refractivity contribution in [3.8, 4) is 11.5 Å². The summed E-state index contributed by atoms with van der Waals surface area (Å²) in [6, 6.07) is 9.37. The number of nitrogens with zero attached hydrogens (tertiary/aromatic N) is 1. The minimum Gasteiger partial charge on any atom is -0.507 e. The molecule has 0 aromatic heterocycles. The maximum atomic E-state index is 13.6. The van der Waals surface area contributed by atoms with Gasteiger partial charge in [-0.15, -0.1) is 0 Å². The van der Waals surface area contributed by atoms with Gasteiger partial charge in [0.05, 0.1) is 18.7 Å². The van der Waals surface area contributed by atoms with Crippen LogP contribution in [0, 0.1) is 11.3 Å². The van der Waals surface area contributed by atoms with E-state index in [0.717, 1.165) is 29.5 Å². The van der Waals surface area contributed by atoms with E-state index in [2.05, 4.69) is 6.92 Å². The molecule has 1 saturated heterocycles. The van der Waals surface area contributed by atoms with Crippen molar-refractivity contribution >= 4 is 23.2 Å². The molecule has 2 N–H and O–H groups in total. The summed E-state index contributed by atoms with van der Waals surface area (Å²) in [6.45, 7) is 15.2. The van der Waals surface area contributed by atoms with Gasteiger partial charge in [-0.2, -0.15) is 0 Å². The highest BCUT2D eigenvalue weighted by Gasteiger charge is 2.39. The lowest BCUT2D eigenvalue weighted by molar-refractivity contribution is 0.0963. The van der Waals surface area contributed by atoms with E-state index in [9.17, 15) is 9.90 Å². The van der Waals surface area contributed by atoms with Crippen LogP contribution in [0.3, 0.4) is 0 Å². The minimum atomic E-state index is -0.314. The number of carbonyl (C=O) groups is 1. The molecule has 0 amide bonds. The highest BCUT2D eigenvalue weighted by Crippen LogP contribution is 2.41. The largest absolute Gasteiger partial charge is 0.507 e. The Morgan fingerprint density at radius 1 is 1.11 bits per heavy atom. The smallest absolute Gasteiger partial charge is 0.182 e. The number of ether oxygens (including phenoxy) is 1. The highest BCUT2D eigenvalue weighted by atomic mass is 35.5. The summed E-state index contributed by atoms with van der Waals surface area (Å²) < 4.78 is 5.30. The third-order valence-corrected chi connectivity index (χ3v) is 7.43. The van der Waals surface area contributed by atoms with Crippen LogP contribution in [0.2, 0.25) is 5.02 Å². The van der Waals surface area contributed by atoms with E-state index < -0.39 is 0 Å². The Balaban J connectivity index is 1.94. The molecule has 0 saturated carbocycles. The number of nitrogens with one attached hydrogen (secondary N) is 1. The number of benzene rings is 2. The Labute approximate surface area is 221 Å². The summed E-state index contributed by atoms with van der Waals surface area (Å²) in [6.07, 6.45) is 1.96. The number of hydrogen-bond acceptors (Lipinski definition) is 4. The van der Waals surface area contributed by atoms with Crippen molar-refractivity contribution in [3.05, 3.63) is 57.6 Å². The maximum Gasteiger partial charge on any atom is 0.182 e. The number of likely N-dealkylation sites (tertiary alicyclic amines) is 1. The molecule has 2 aromatic carbocycles. The van der Waals surface area contributed by atoms with Crippen LogP contribution in [0.5, 0.6) is 11.5 Å². The predicted octanol–water partition coefficient (Wildman–Crippen LogP) is 7.32. The van der Waals surface area contributed by atoms with Gasteiger partial charge in [0.1, 0.15) is 17.3 Å². The monoisotopic (exact) mass is 512 g/mol. The highest BCUT2D eigenvalue weighted by molar-refractivity contribution is 6.32. The Bertz CT molecular complexity index is 1110. The number of rotatable bonds is 7. The lowest BCUT2D eigenvalue weighted by Gasteiger charge is -2.28. The number of methoxy groups -OCH3 is 1. The van der Waals surface area contributed by atoms with E-state index in [1.165, 1.54) is 0 Å². The summed E-state index contributed by atoms with van der Waals surface area (Å²) in [5.41, 5.74) is 2.47. The molecule has 196 valence electrons. The number of carbonyl (C=O) groups excluding carboxylic acids is 1. The first-order valence-corrected chi connectivity index (χ1v) is 13.1. The summed E-state index contributed by atoms with van der Waals surface area (Å²) >= 11 is 6.41. The van der Waals surface area contributed by atoms with E-state index in [-0.39, 0.29) is 40.7 Å². The summed E-state index contributed by atoms with van der Waals surface area (Å²) in [5, 5.41) is 20.6. The van der Waals surface area contributed by atoms with Gasteiger partial charge in [0.2, 0.25) is 0 Å². The first-order valence-electron chi connectivity index (χ1n) is 12.8. The van der Waals surface area contributed by atoms with Crippen LogP contribution in [0.1, 0.15) is 94.3 Å². The molecule has 6 heteroatoms. The second-order valence-electron chi connectivity index (χ2n) is 12.0. The van der Waals surface area contributed by atoms with Crippen LogP contribution in [-0.2, 0) is 10.8 Å². The molecule has 5 nitrogen and oxygen atoms in total. The quantitative estimate of drug-likeness (QED) is 0.381. The van der Waals surface area contributed by atoms with E-state index >= 15 is 0 Å². The molecule has 36 heavy (non-hydrogen) atoms. The number of amidine groups is 1. The molecule has 2 atom stereocenters. The maximum absolute atomic E-state index is 13.6. The Morgan fingerprint density at radius 3 is 2.17 bits per heavy atom. The van der Waals surface area contributed by atoms with Gasteiger partial charge in [-0.3, -0.25) is 10.2 Å². The van der Waals surface area contributed by atoms with Crippen molar-refractivity contribution in [3.63, 3.8) is 0 Å². The van der Waals surface area contributed by atoms with Crippen LogP contribution in [0.15, 0.2) is 30.3 Å². The molecule has 1 aliphatic rings. The molecule has 1 heterocycles. The molecule has 0 spiro atoms. The molecular formula is C30H41ClN2O3. The van der Waals surface area contributed by atoms with Crippen molar-refractivity contribution in [1.29, 1.82) is 5.41 Å². The number of phenols is 1. The van der Waals surface area contributed by atoms with E-state index in [0.29, 0.717) is 28.7 Å². The number of Topliss-reactive ketones (excluding diaryl/α,β-unsaturated/α-hetero) is 1. The van der Waals surface area contributed by atoms with Gasteiger partial charge in [0, 0.05) is 29.2 Å². The molecule has 0 aliphatic carbocycles. The third kappa shape index (κ3) is 5.72. The fourth-order valence-electron chi connectivity index (χ4n) is 5.19. The first kappa shape index (κ1) is 28.0. The standard InChI is InChI=1S/C30H41ClN2O3/c1-9-10-19-16-33(28(32)26(19)18-11-12-25(36-8)23(31)15-18)17-24(34)20-13-21(29(2,3)4)27(35)22(14-20)30(5,6)7/h11-15,19,26,32,35H,9-10,16-17H2,1-8H3. The second-order valence-corrected chi connectivity index (χ2v) is 12.4. The van der Waals surface area contributed by atoms with E-state index in [1.54, 1.807) is 7.11 Å². The normalized spacial score (nSPS) is 18.6. The van der Waals surface area contributed by atoms with Gasteiger partial charge < -0.3 is 14.7 Å². The Hall–Kier alpha value is -2.53. The molecule has 0 radical (unpaired) electrons. The molecule has 2 unspecified atom stereocenters. The van der Waals surface area contributed by atoms with Gasteiger partial charge in [-0.1, -0.05) is 72.6 Å². The average molecular weight is 513 g/mol. The van der Waals surface area contributed by atoms with Gasteiger partial charge in [-0.05, 0) is 53.0 Å². The zero-order valence-corrected chi connectivity index (χ0v) is 23.7. The van der Waals surface area contributed by atoms with Crippen LogP contribution in [-0.4, -0.2) is 41.8 Å². The van der Waals surface area contributed by atoms with Gasteiger partial charge in [0.25, 0.3) is 0 Å². The van der Waals surface area contributed by atoms with Crippen molar-refractivity contribution in [2.45, 2.75) is 78.1 Å². The van der Waals surface area contributed by atoms with Gasteiger partial charge in [-0.25, -0.2) is 0 Å². The second kappa shape index (κ2) is 10.5. The molecule has 2 aromatic rings. The fraction of sp³-hybridized carbons (Fsp3) is 0.533. The SMILES string of the molecule is CCCC1CN(CC(=O)c2cc(C(C)(C)C)c(O)c(C(C)(C)C)c2)C(=N)C1c1ccc(OC)c(Cl)c1. The number of phenolic OH excluding ortho intramolecular Hbond substituents is 1. The van der Waals surface area contributed by atoms with Crippen molar-refractivity contribution in [2.24, 2.45) is 5.92 Å². The molecule has 3 rings (SSSR count). The van der Waals surface area contributed by atoms with Crippen molar-refractivity contribution in [2.75, 3.05) is 20.2 Å². The third-order valence-electron chi connectivity index (χ3n) is 7.14. The van der Waals surface area contributed by atoms with Crippen molar-refractivity contribution in [1.82, 2.24) is 4.90 Å². The van der Waals surface area contributed by atoms with Crippen LogP contribution in [0.4, 0.5) is 0 Å². The minimum absolute atomic E-state index is 0.0422. The van der Waals surface area contributed by atoms with Crippen LogP contribution < -0.4 is 4.74 Å². The van der Waals surface area contributed by atoms with Crippen molar-refractivity contribution < 1.29 is 14.6 Å². The predicted molar refractivity (Wildman–Crippen MR) is 148 cm³/mol. The summed E-state index contributed by atoms with van der Waals surface area (Å²) in [5.74, 6) is 1.40. The molecule has 0 bridgehead atoms. The summed E-state index contributed by atoms with van der Waals surface area (Å²) in [7, 11) is 1.59. The summed E-state index contributed by atoms with van der Waals surface area (Å²) in [4.78, 5) is 15.5. The number of hydrogen-bond donors (Lipinski definition) is 2. The molecule has 1 aliphatic heterocycles. The first-order chi connectivity index (χ1) is 16.7. The molecular weight excluding hydrogens is 472 g/mol.